The average molecular weight is 227 g/mol. The molecule has 4 nitrogen and oxygen atoms in total. The Bertz CT molecular complexity index is 342. The lowest BCUT2D eigenvalue weighted by atomic mass is 10.0. The normalized spacial score (nSPS) is 17.5. The van der Waals surface area contributed by atoms with Gasteiger partial charge in [0.2, 0.25) is 5.95 Å². The molecule has 3 N–H and O–H groups in total. The van der Waals surface area contributed by atoms with E-state index >= 15 is 0 Å². The van der Waals surface area contributed by atoms with Crippen molar-refractivity contribution < 1.29 is 0 Å². The summed E-state index contributed by atoms with van der Waals surface area (Å²) >= 11 is 5.78. The van der Waals surface area contributed by atoms with E-state index < -0.39 is 0 Å². The Kier molecular flexibility index (Phi) is 2.69. The third-order valence-corrected chi connectivity index (χ3v) is 3.26. The first-order chi connectivity index (χ1) is 7.13. The number of nitrogens with zero attached hydrogens (tertiary/aromatic N) is 2. The van der Waals surface area contributed by atoms with Gasteiger partial charge in [-0.25, -0.2) is 4.98 Å². The predicted molar refractivity (Wildman–Crippen MR) is 61.9 cm³/mol. The van der Waals surface area contributed by atoms with Crippen molar-refractivity contribution in [3.05, 3.63) is 11.2 Å². The number of anilines is 2. The molecule has 1 aliphatic carbocycles. The van der Waals surface area contributed by atoms with Gasteiger partial charge in [0.05, 0.1) is 0 Å². The maximum Gasteiger partial charge on any atom is 0.223 e. The minimum atomic E-state index is 0.214. The topological polar surface area (TPSA) is 63.8 Å². The molecule has 0 aromatic carbocycles. The zero-order valence-electron chi connectivity index (χ0n) is 8.76. The van der Waals surface area contributed by atoms with E-state index in [1.54, 1.807) is 6.07 Å². The van der Waals surface area contributed by atoms with Crippen LogP contribution < -0.4 is 11.1 Å². The first-order valence-electron chi connectivity index (χ1n) is 5.17. The van der Waals surface area contributed by atoms with Gasteiger partial charge in [-0.1, -0.05) is 18.5 Å². The highest BCUT2D eigenvalue weighted by Gasteiger charge is 2.40. The molecule has 0 aliphatic heterocycles. The highest BCUT2D eigenvalue weighted by molar-refractivity contribution is 6.29. The van der Waals surface area contributed by atoms with Crippen molar-refractivity contribution in [1.29, 1.82) is 0 Å². The summed E-state index contributed by atoms with van der Waals surface area (Å²) in [5.41, 5.74) is 5.98. The second-order valence-electron chi connectivity index (χ2n) is 4.14. The Morgan fingerprint density at radius 2 is 2.27 bits per heavy atom. The number of halogens is 1. The quantitative estimate of drug-likeness (QED) is 0.774. The summed E-state index contributed by atoms with van der Waals surface area (Å²) in [6, 6.07) is 1.70. The lowest BCUT2D eigenvalue weighted by molar-refractivity contribution is 0.520. The molecule has 0 spiro atoms. The van der Waals surface area contributed by atoms with Crippen LogP contribution in [-0.4, -0.2) is 16.5 Å². The smallest absolute Gasteiger partial charge is 0.223 e. The van der Waals surface area contributed by atoms with Crippen molar-refractivity contribution in [2.45, 2.75) is 26.2 Å². The van der Waals surface area contributed by atoms with Gasteiger partial charge in [0.15, 0.2) is 0 Å². The highest BCUT2D eigenvalue weighted by atomic mass is 35.5. The molecule has 82 valence electrons. The second-order valence-corrected chi connectivity index (χ2v) is 4.53. The van der Waals surface area contributed by atoms with Crippen LogP contribution in [0.1, 0.15) is 26.2 Å². The third kappa shape index (κ3) is 2.50. The van der Waals surface area contributed by atoms with Crippen molar-refractivity contribution in [2.75, 3.05) is 17.6 Å². The van der Waals surface area contributed by atoms with E-state index in [0.29, 0.717) is 16.4 Å². The van der Waals surface area contributed by atoms with Gasteiger partial charge in [0.1, 0.15) is 11.0 Å². The molecule has 2 rings (SSSR count). The van der Waals surface area contributed by atoms with Crippen LogP contribution in [0.15, 0.2) is 6.07 Å². The lowest BCUT2D eigenvalue weighted by Gasteiger charge is -2.13. The number of hydrogen-bond acceptors (Lipinski definition) is 4. The van der Waals surface area contributed by atoms with Crippen molar-refractivity contribution in [2.24, 2.45) is 5.41 Å². The van der Waals surface area contributed by atoms with Gasteiger partial charge in [-0.05, 0) is 24.7 Å². The van der Waals surface area contributed by atoms with Crippen LogP contribution in [0.4, 0.5) is 11.8 Å². The Labute approximate surface area is 94.2 Å². The van der Waals surface area contributed by atoms with E-state index in [2.05, 4.69) is 22.2 Å². The van der Waals surface area contributed by atoms with Crippen LogP contribution in [0.2, 0.25) is 5.15 Å². The molecule has 1 aromatic heterocycles. The van der Waals surface area contributed by atoms with Crippen molar-refractivity contribution in [3.8, 4) is 0 Å². The highest BCUT2D eigenvalue weighted by Crippen LogP contribution is 2.48. The fourth-order valence-electron chi connectivity index (χ4n) is 1.64. The van der Waals surface area contributed by atoms with Crippen LogP contribution in [0.3, 0.4) is 0 Å². The maximum absolute atomic E-state index is 5.78. The predicted octanol–water partition coefficient (Wildman–Crippen LogP) is 2.31. The van der Waals surface area contributed by atoms with E-state index in [1.165, 1.54) is 19.3 Å². The van der Waals surface area contributed by atoms with Gasteiger partial charge in [0, 0.05) is 12.6 Å². The first kappa shape index (κ1) is 10.5. The van der Waals surface area contributed by atoms with Crippen LogP contribution in [0.25, 0.3) is 0 Å². The molecule has 5 heteroatoms. The largest absolute Gasteiger partial charge is 0.369 e. The molecule has 0 atom stereocenters. The van der Waals surface area contributed by atoms with E-state index in [-0.39, 0.29) is 5.95 Å². The van der Waals surface area contributed by atoms with Crippen molar-refractivity contribution in [1.82, 2.24) is 9.97 Å². The SMILES string of the molecule is CCC1(CNc2cc(Cl)nc(N)n2)CC1. The summed E-state index contributed by atoms with van der Waals surface area (Å²) in [5, 5.41) is 3.65. The molecule has 0 unspecified atom stereocenters. The number of nitrogens with one attached hydrogen (secondary N) is 1. The van der Waals surface area contributed by atoms with E-state index in [9.17, 15) is 0 Å². The van der Waals surface area contributed by atoms with Crippen LogP contribution >= 0.6 is 11.6 Å². The van der Waals surface area contributed by atoms with Crippen molar-refractivity contribution in [3.63, 3.8) is 0 Å². The summed E-state index contributed by atoms with van der Waals surface area (Å²) in [6.45, 7) is 3.16. The summed E-state index contributed by atoms with van der Waals surface area (Å²) < 4.78 is 0. The van der Waals surface area contributed by atoms with Crippen LogP contribution in [-0.2, 0) is 0 Å². The Morgan fingerprint density at radius 3 is 2.80 bits per heavy atom. The van der Waals surface area contributed by atoms with Crippen LogP contribution in [0, 0.1) is 5.41 Å². The van der Waals surface area contributed by atoms with Gasteiger partial charge in [-0.15, -0.1) is 0 Å². The summed E-state index contributed by atoms with van der Waals surface area (Å²) in [5.74, 6) is 0.929. The first-order valence-corrected chi connectivity index (χ1v) is 5.55. The Morgan fingerprint density at radius 1 is 1.53 bits per heavy atom. The summed E-state index contributed by atoms with van der Waals surface area (Å²) in [6.07, 6.45) is 3.80. The standard InChI is InChI=1S/C10H15ClN4/c1-2-10(3-4-10)6-13-8-5-7(11)14-9(12)15-8/h5H,2-4,6H2,1H3,(H3,12,13,14,15). The van der Waals surface area contributed by atoms with Gasteiger partial charge in [-0.2, -0.15) is 4.98 Å². The molecule has 1 aromatic rings. The number of nitrogens with two attached hydrogens (primary N) is 1. The molecule has 15 heavy (non-hydrogen) atoms. The number of nitrogen functional groups attached to an aromatic ring is 1. The van der Waals surface area contributed by atoms with E-state index in [1.807, 2.05) is 0 Å². The molecular formula is C10H15ClN4. The zero-order chi connectivity index (χ0) is 10.9. The Hall–Kier alpha value is -1.03. The van der Waals surface area contributed by atoms with Gasteiger partial charge < -0.3 is 11.1 Å². The Balaban J connectivity index is 1.99. The van der Waals surface area contributed by atoms with Crippen LogP contribution in [0.5, 0.6) is 0 Å². The zero-order valence-corrected chi connectivity index (χ0v) is 9.51. The molecule has 0 amide bonds. The molecule has 1 aliphatic rings. The molecule has 1 heterocycles. The molecule has 1 saturated carbocycles. The summed E-state index contributed by atoms with van der Waals surface area (Å²) in [7, 11) is 0. The molecule has 1 fully saturated rings. The molecule has 0 radical (unpaired) electrons. The minimum Gasteiger partial charge on any atom is -0.369 e. The molecular weight excluding hydrogens is 212 g/mol. The van der Waals surface area contributed by atoms with E-state index in [4.69, 9.17) is 17.3 Å². The second kappa shape index (κ2) is 3.85. The minimum absolute atomic E-state index is 0.214. The molecule has 0 bridgehead atoms. The lowest BCUT2D eigenvalue weighted by Crippen LogP contribution is -2.15. The number of hydrogen-bond donors (Lipinski definition) is 2. The number of rotatable bonds is 4. The van der Waals surface area contributed by atoms with Gasteiger partial charge in [-0.3, -0.25) is 0 Å². The average Bonchev–Trinajstić information content (AvgIpc) is 2.94. The number of aromatic nitrogens is 2. The molecule has 0 saturated heterocycles. The fourth-order valence-corrected chi connectivity index (χ4v) is 1.83. The summed E-state index contributed by atoms with van der Waals surface area (Å²) in [4.78, 5) is 7.88. The fraction of sp³-hybridized carbons (Fsp3) is 0.600. The van der Waals surface area contributed by atoms with Gasteiger partial charge in [0.25, 0.3) is 0 Å². The van der Waals surface area contributed by atoms with E-state index in [0.717, 1.165) is 6.54 Å². The third-order valence-electron chi connectivity index (χ3n) is 3.06. The van der Waals surface area contributed by atoms with Crippen molar-refractivity contribution >= 4 is 23.4 Å². The monoisotopic (exact) mass is 226 g/mol. The van der Waals surface area contributed by atoms with Gasteiger partial charge >= 0.3 is 0 Å². The maximum atomic E-state index is 5.78.